The van der Waals surface area contributed by atoms with Gasteiger partial charge in [-0.15, -0.1) is 0 Å². The van der Waals surface area contributed by atoms with E-state index in [2.05, 4.69) is 10.6 Å². The number of anilines is 2. The first-order valence-corrected chi connectivity index (χ1v) is 8.66. The zero-order chi connectivity index (χ0) is 18.8. The molecule has 138 valence electrons. The molecule has 0 fully saturated rings. The monoisotopic (exact) mass is 356 g/mol. The zero-order valence-electron chi connectivity index (χ0n) is 15.1. The summed E-state index contributed by atoms with van der Waals surface area (Å²) in [4.78, 5) is 23.8. The van der Waals surface area contributed by atoms with Crippen LogP contribution in [0, 0.1) is 0 Å². The van der Waals surface area contributed by atoms with E-state index in [4.69, 9.17) is 9.47 Å². The van der Waals surface area contributed by atoms with Crippen molar-refractivity contribution in [3.63, 3.8) is 0 Å². The minimum atomic E-state index is -0.342. The van der Waals surface area contributed by atoms with Gasteiger partial charge in [-0.1, -0.05) is 13.0 Å². The van der Waals surface area contributed by atoms with E-state index in [9.17, 15) is 9.59 Å². The predicted octanol–water partition coefficient (Wildman–Crippen LogP) is 3.70. The Morgan fingerprint density at radius 3 is 2.46 bits per heavy atom. The molecular formula is C20H24N2O4. The number of esters is 1. The van der Waals surface area contributed by atoms with Gasteiger partial charge in [0.2, 0.25) is 5.91 Å². The van der Waals surface area contributed by atoms with Gasteiger partial charge in [0, 0.05) is 17.4 Å². The first-order valence-electron chi connectivity index (χ1n) is 8.66. The second kappa shape index (κ2) is 10.1. The van der Waals surface area contributed by atoms with Crippen molar-refractivity contribution in [3.05, 3.63) is 54.1 Å². The van der Waals surface area contributed by atoms with E-state index >= 15 is 0 Å². The summed E-state index contributed by atoms with van der Waals surface area (Å²) in [5, 5.41) is 5.83. The number of ether oxygens (including phenoxy) is 2. The van der Waals surface area contributed by atoms with Gasteiger partial charge in [0.15, 0.2) is 0 Å². The summed E-state index contributed by atoms with van der Waals surface area (Å²) in [6.07, 6.45) is 0.786. The molecule has 0 spiro atoms. The first kappa shape index (κ1) is 19.3. The number of hydrogen-bond donors (Lipinski definition) is 2. The maximum atomic E-state index is 12.1. The molecule has 0 unspecified atom stereocenters. The Morgan fingerprint density at radius 1 is 1.00 bits per heavy atom. The van der Waals surface area contributed by atoms with Crippen molar-refractivity contribution in [3.8, 4) is 5.75 Å². The van der Waals surface area contributed by atoms with Gasteiger partial charge in [-0.25, -0.2) is 4.79 Å². The highest BCUT2D eigenvalue weighted by atomic mass is 16.5. The number of nitrogens with one attached hydrogen (secondary N) is 2. The van der Waals surface area contributed by atoms with Gasteiger partial charge in [-0.2, -0.15) is 0 Å². The normalized spacial score (nSPS) is 10.1. The lowest BCUT2D eigenvalue weighted by molar-refractivity contribution is -0.114. The number of rotatable bonds is 9. The zero-order valence-corrected chi connectivity index (χ0v) is 15.1. The average Bonchev–Trinajstić information content (AvgIpc) is 2.65. The molecule has 1 amide bonds. The summed E-state index contributed by atoms with van der Waals surface area (Å²) < 4.78 is 10.5. The molecule has 0 heterocycles. The lowest BCUT2D eigenvalue weighted by Gasteiger charge is -2.10. The van der Waals surface area contributed by atoms with Crippen molar-refractivity contribution >= 4 is 23.3 Å². The lowest BCUT2D eigenvalue weighted by atomic mass is 10.2. The van der Waals surface area contributed by atoms with Crippen LogP contribution in [-0.4, -0.2) is 31.6 Å². The van der Waals surface area contributed by atoms with Crippen LogP contribution >= 0.6 is 0 Å². The number of benzene rings is 2. The third kappa shape index (κ3) is 6.12. The van der Waals surface area contributed by atoms with Crippen molar-refractivity contribution in [2.24, 2.45) is 0 Å². The Morgan fingerprint density at radius 2 is 1.77 bits per heavy atom. The van der Waals surface area contributed by atoms with Crippen LogP contribution in [0.3, 0.4) is 0 Å². The molecule has 0 aliphatic carbocycles. The topological polar surface area (TPSA) is 76.7 Å². The molecule has 6 nitrogen and oxygen atoms in total. The highest BCUT2D eigenvalue weighted by Crippen LogP contribution is 2.17. The Hall–Kier alpha value is -3.02. The Labute approximate surface area is 153 Å². The van der Waals surface area contributed by atoms with Crippen molar-refractivity contribution in [2.45, 2.75) is 20.3 Å². The molecule has 0 aliphatic heterocycles. The molecule has 0 aromatic heterocycles. The van der Waals surface area contributed by atoms with Crippen LogP contribution in [0.1, 0.15) is 30.6 Å². The van der Waals surface area contributed by atoms with Crippen LogP contribution in [0.4, 0.5) is 11.4 Å². The molecule has 0 saturated carbocycles. The van der Waals surface area contributed by atoms with Crippen LogP contribution in [0.2, 0.25) is 0 Å². The summed E-state index contributed by atoms with van der Waals surface area (Å²) in [7, 11) is 0. The molecule has 0 bridgehead atoms. The molecule has 2 N–H and O–H groups in total. The first-order chi connectivity index (χ1) is 12.6. The number of carbonyl (C=O) groups is 2. The highest BCUT2D eigenvalue weighted by molar-refractivity contribution is 5.94. The van der Waals surface area contributed by atoms with Crippen LogP contribution in [-0.2, 0) is 9.53 Å². The molecule has 0 saturated heterocycles. The number of carbonyl (C=O) groups excluding carboxylic acids is 2. The fourth-order valence-electron chi connectivity index (χ4n) is 2.22. The minimum Gasteiger partial charge on any atom is -0.494 e. The van der Waals surface area contributed by atoms with Crippen molar-refractivity contribution in [1.82, 2.24) is 0 Å². The molecule has 0 atom stereocenters. The Bertz CT molecular complexity index is 729. The number of amides is 1. The molecule has 2 rings (SSSR count). The van der Waals surface area contributed by atoms with E-state index < -0.39 is 0 Å². The van der Waals surface area contributed by atoms with Gasteiger partial charge >= 0.3 is 5.97 Å². The van der Waals surface area contributed by atoms with Gasteiger partial charge in [0.05, 0.1) is 25.3 Å². The van der Waals surface area contributed by atoms with Gasteiger partial charge in [-0.3, -0.25) is 4.79 Å². The SMILES string of the molecule is CCCOC(=O)c1ccc(NCC(=O)Nc2cccc(OCC)c2)cc1. The third-order valence-corrected chi connectivity index (χ3v) is 3.44. The van der Waals surface area contributed by atoms with E-state index in [1.165, 1.54) is 0 Å². The van der Waals surface area contributed by atoms with Crippen molar-refractivity contribution in [2.75, 3.05) is 30.4 Å². The summed E-state index contributed by atoms with van der Waals surface area (Å²) in [6, 6.07) is 14.1. The van der Waals surface area contributed by atoms with Crippen LogP contribution in [0.5, 0.6) is 5.75 Å². The van der Waals surface area contributed by atoms with E-state index in [0.717, 1.165) is 12.1 Å². The molecular weight excluding hydrogens is 332 g/mol. The fourth-order valence-corrected chi connectivity index (χ4v) is 2.22. The van der Waals surface area contributed by atoms with Gasteiger partial charge < -0.3 is 20.1 Å². The van der Waals surface area contributed by atoms with Crippen LogP contribution in [0.25, 0.3) is 0 Å². The van der Waals surface area contributed by atoms with E-state index in [1.54, 1.807) is 36.4 Å². The van der Waals surface area contributed by atoms with Crippen LogP contribution < -0.4 is 15.4 Å². The number of hydrogen-bond acceptors (Lipinski definition) is 5. The Kier molecular flexibility index (Phi) is 7.49. The highest BCUT2D eigenvalue weighted by Gasteiger charge is 2.07. The second-order valence-electron chi connectivity index (χ2n) is 5.58. The molecule has 2 aromatic carbocycles. The minimum absolute atomic E-state index is 0.110. The molecule has 0 aliphatic rings. The van der Waals surface area contributed by atoms with Gasteiger partial charge in [-0.05, 0) is 49.7 Å². The van der Waals surface area contributed by atoms with Gasteiger partial charge in [0.1, 0.15) is 5.75 Å². The summed E-state index contributed by atoms with van der Waals surface area (Å²) in [6.45, 7) is 4.94. The summed E-state index contributed by atoms with van der Waals surface area (Å²) in [5.41, 5.74) is 1.91. The summed E-state index contributed by atoms with van der Waals surface area (Å²) >= 11 is 0. The molecule has 6 heteroatoms. The molecule has 0 radical (unpaired) electrons. The largest absolute Gasteiger partial charge is 0.494 e. The van der Waals surface area contributed by atoms with E-state index in [1.807, 2.05) is 26.0 Å². The third-order valence-electron chi connectivity index (χ3n) is 3.44. The standard InChI is InChI=1S/C20H24N2O4/c1-3-12-26-20(24)15-8-10-16(11-9-15)21-14-19(23)22-17-6-5-7-18(13-17)25-4-2/h5-11,13,21H,3-4,12,14H2,1-2H3,(H,22,23). The van der Waals surface area contributed by atoms with Crippen molar-refractivity contribution < 1.29 is 19.1 Å². The maximum Gasteiger partial charge on any atom is 0.338 e. The van der Waals surface area contributed by atoms with Crippen molar-refractivity contribution in [1.29, 1.82) is 0 Å². The fraction of sp³-hybridized carbons (Fsp3) is 0.300. The predicted molar refractivity (Wildman–Crippen MR) is 102 cm³/mol. The Balaban J connectivity index is 1.83. The van der Waals surface area contributed by atoms with E-state index in [0.29, 0.717) is 30.2 Å². The van der Waals surface area contributed by atoms with E-state index in [-0.39, 0.29) is 18.4 Å². The molecule has 2 aromatic rings. The summed E-state index contributed by atoms with van der Waals surface area (Å²) in [5.74, 6) is 0.194. The second-order valence-corrected chi connectivity index (χ2v) is 5.58. The smallest absolute Gasteiger partial charge is 0.338 e. The molecule has 26 heavy (non-hydrogen) atoms. The average molecular weight is 356 g/mol. The lowest BCUT2D eigenvalue weighted by Crippen LogP contribution is -2.21. The quantitative estimate of drug-likeness (QED) is 0.670. The van der Waals surface area contributed by atoms with Crippen LogP contribution in [0.15, 0.2) is 48.5 Å². The maximum absolute atomic E-state index is 12.1. The van der Waals surface area contributed by atoms with Gasteiger partial charge in [0.25, 0.3) is 0 Å².